The van der Waals surface area contributed by atoms with Crippen LogP contribution in [0.5, 0.6) is 0 Å². The second kappa shape index (κ2) is 6.08. The Morgan fingerprint density at radius 1 is 1.21 bits per heavy atom. The Hall–Kier alpha value is -1.53. The summed E-state index contributed by atoms with van der Waals surface area (Å²) in [6.07, 6.45) is 0. The highest BCUT2D eigenvalue weighted by molar-refractivity contribution is 7.98. The van der Waals surface area contributed by atoms with Crippen LogP contribution in [0.4, 0.5) is 11.9 Å². The number of hydrogen-bond acceptors (Lipinski definition) is 6. The monoisotopic (exact) mass is 295 g/mol. The fourth-order valence-corrected chi connectivity index (χ4v) is 2.49. The van der Waals surface area contributed by atoms with Crippen molar-refractivity contribution in [3.8, 4) is 0 Å². The summed E-state index contributed by atoms with van der Waals surface area (Å²) in [7, 11) is 3.72. The number of nitrogens with zero attached hydrogens (tertiary/aromatic N) is 4. The lowest BCUT2D eigenvalue weighted by atomic mass is 10.4. The van der Waals surface area contributed by atoms with E-state index >= 15 is 0 Å². The van der Waals surface area contributed by atoms with E-state index in [1.54, 1.807) is 16.7 Å². The average molecular weight is 296 g/mol. The fraction of sp³-hybridized carbons (Fsp3) is 0.250. The molecule has 0 aliphatic heterocycles. The molecule has 2 aromatic rings. The van der Waals surface area contributed by atoms with Gasteiger partial charge in [-0.05, 0) is 12.1 Å². The summed E-state index contributed by atoms with van der Waals surface area (Å²) < 4.78 is 0. The molecule has 0 fully saturated rings. The molecule has 1 heterocycles. The van der Waals surface area contributed by atoms with Gasteiger partial charge in [-0.15, -0.1) is 11.8 Å². The van der Waals surface area contributed by atoms with Crippen LogP contribution in [0.2, 0.25) is 5.02 Å². The molecular weight excluding hydrogens is 282 g/mol. The van der Waals surface area contributed by atoms with Gasteiger partial charge in [0.05, 0.1) is 10.8 Å². The SMILES string of the molecule is CN(C)c1nc(N)nc(CSc2ccccc2Cl)n1. The Kier molecular flexibility index (Phi) is 4.44. The summed E-state index contributed by atoms with van der Waals surface area (Å²) in [5.74, 6) is 2.02. The molecule has 1 aromatic heterocycles. The normalized spacial score (nSPS) is 10.5. The van der Waals surface area contributed by atoms with Gasteiger partial charge in [0.25, 0.3) is 0 Å². The molecule has 5 nitrogen and oxygen atoms in total. The quantitative estimate of drug-likeness (QED) is 0.874. The number of thioether (sulfide) groups is 1. The maximum atomic E-state index is 6.10. The molecule has 0 saturated carbocycles. The molecule has 0 amide bonds. The third kappa shape index (κ3) is 3.71. The van der Waals surface area contributed by atoms with Crippen molar-refractivity contribution in [2.24, 2.45) is 0 Å². The number of nitrogens with two attached hydrogens (primary N) is 1. The van der Waals surface area contributed by atoms with Gasteiger partial charge < -0.3 is 10.6 Å². The zero-order valence-electron chi connectivity index (χ0n) is 10.7. The minimum atomic E-state index is 0.230. The van der Waals surface area contributed by atoms with Gasteiger partial charge in [0.1, 0.15) is 5.82 Å². The number of aromatic nitrogens is 3. The van der Waals surface area contributed by atoms with E-state index in [0.717, 1.165) is 9.92 Å². The summed E-state index contributed by atoms with van der Waals surface area (Å²) >= 11 is 7.67. The highest BCUT2D eigenvalue weighted by Crippen LogP contribution is 2.28. The van der Waals surface area contributed by atoms with Crippen LogP contribution in [0.3, 0.4) is 0 Å². The van der Waals surface area contributed by atoms with Crippen molar-refractivity contribution in [1.29, 1.82) is 0 Å². The van der Waals surface area contributed by atoms with Crippen LogP contribution in [-0.4, -0.2) is 29.0 Å². The standard InChI is InChI=1S/C12H14ClN5S/c1-18(2)12-16-10(15-11(14)17-12)7-19-9-6-4-3-5-8(9)13/h3-6H,7H2,1-2H3,(H2,14,15,16,17). The molecule has 7 heteroatoms. The Balaban J connectivity index is 2.14. The smallest absolute Gasteiger partial charge is 0.229 e. The molecule has 2 N–H and O–H groups in total. The zero-order chi connectivity index (χ0) is 13.8. The maximum absolute atomic E-state index is 6.10. The van der Waals surface area contributed by atoms with Crippen LogP contribution in [-0.2, 0) is 5.75 Å². The summed E-state index contributed by atoms with van der Waals surface area (Å²) in [5, 5.41) is 0.724. The minimum Gasteiger partial charge on any atom is -0.368 e. The van der Waals surface area contributed by atoms with E-state index in [1.165, 1.54) is 0 Å². The minimum absolute atomic E-state index is 0.230. The van der Waals surface area contributed by atoms with E-state index in [2.05, 4.69) is 15.0 Å². The van der Waals surface area contributed by atoms with Gasteiger partial charge in [-0.2, -0.15) is 15.0 Å². The highest BCUT2D eigenvalue weighted by Gasteiger charge is 2.07. The number of anilines is 2. The molecule has 0 radical (unpaired) electrons. The summed E-state index contributed by atoms with van der Waals surface area (Å²) in [4.78, 5) is 15.3. The lowest BCUT2D eigenvalue weighted by Gasteiger charge is -2.11. The van der Waals surface area contributed by atoms with Crippen molar-refractivity contribution in [2.45, 2.75) is 10.6 Å². The lowest BCUT2D eigenvalue weighted by Crippen LogP contribution is -2.15. The van der Waals surface area contributed by atoms with Gasteiger partial charge in [-0.1, -0.05) is 23.7 Å². The number of hydrogen-bond donors (Lipinski definition) is 1. The summed E-state index contributed by atoms with van der Waals surface area (Å²) in [6, 6.07) is 7.67. The molecule has 0 unspecified atom stereocenters. The van der Waals surface area contributed by atoms with Crippen molar-refractivity contribution in [3.05, 3.63) is 35.1 Å². The largest absolute Gasteiger partial charge is 0.368 e. The molecule has 0 saturated heterocycles. The lowest BCUT2D eigenvalue weighted by molar-refractivity contribution is 0.919. The molecule has 0 aliphatic carbocycles. The Bertz CT molecular complexity index is 576. The predicted molar refractivity (Wildman–Crippen MR) is 79.6 cm³/mol. The van der Waals surface area contributed by atoms with Crippen LogP contribution in [0.25, 0.3) is 0 Å². The molecular formula is C12H14ClN5S. The summed E-state index contributed by atoms with van der Waals surface area (Å²) in [5.41, 5.74) is 5.67. The fourth-order valence-electron chi connectivity index (χ4n) is 1.39. The van der Waals surface area contributed by atoms with Gasteiger partial charge >= 0.3 is 0 Å². The van der Waals surface area contributed by atoms with Crippen molar-refractivity contribution in [1.82, 2.24) is 15.0 Å². The van der Waals surface area contributed by atoms with Gasteiger partial charge in [0, 0.05) is 19.0 Å². The van der Waals surface area contributed by atoms with Crippen LogP contribution in [0.1, 0.15) is 5.82 Å². The van der Waals surface area contributed by atoms with Crippen LogP contribution in [0, 0.1) is 0 Å². The van der Waals surface area contributed by atoms with E-state index < -0.39 is 0 Å². The first-order chi connectivity index (χ1) is 9.06. The van der Waals surface area contributed by atoms with Crippen molar-refractivity contribution in [2.75, 3.05) is 24.7 Å². The Labute approximate surface area is 121 Å². The third-order valence-electron chi connectivity index (χ3n) is 2.28. The molecule has 2 rings (SSSR count). The van der Waals surface area contributed by atoms with E-state index in [0.29, 0.717) is 17.5 Å². The van der Waals surface area contributed by atoms with E-state index in [9.17, 15) is 0 Å². The molecule has 1 aromatic carbocycles. The van der Waals surface area contributed by atoms with Crippen molar-refractivity contribution >= 4 is 35.3 Å². The molecule has 0 atom stereocenters. The topological polar surface area (TPSA) is 67.9 Å². The van der Waals surface area contributed by atoms with E-state index in [4.69, 9.17) is 17.3 Å². The zero-order valence-corrected chi connectivity index (χ0v) is 12.2. The van der Waals surface area contributed by atoms with Crippen LogP contribution >= 0.6 is 23.4 Å². The maximum Gasteiger partial charge on any atom is 0.229 e. The third-order valence-corrected chi connectivity index (χ3v) is 3.79. The first-order valence-electron chi connectivity index (χ1n) is 5.61. The molecule has 0 aliphatic rings. The Morgan fingerprint density at radius 3 is 2.63 bits per heavy atom. The number of rotatable bonds is 4. The van der Waals surface area contributed by atoms with Crippen LogP contribution in [0.15, 0.2) is 29.2 Å². The number of halogens is 1. The number of benzene rings is 1. The van der Waals surface area contributed by atoms with Gasteiger partial charge in [0.2, 0.25) is 11.9 Å². The summed E-state index contributed by atoms with van der Waals surface area (Å²) in [6.45, 7) is 0. The predicted octanol–water partition coefficient (Wildman–Crippen LogP) is 2.47. The molecule has 19 heavy (non-hydrogen) atoms. The van der Waals surface area contributed by atoms with Crippen molar-refractivity contribution in [3.63, 3.8) is 0 Å². The van der Waals surface area contributed by atoms with E-state index in [-0.39, 0.29) is 5.95 Å². The first-order valence-corrected chi connectivity index (χ1v) is 6.97. The average Bonchev–Trinajstić information content (AvgIpc) is 2.37. The molecule has 0 bridgehead atoms. The highest BCUT2D eigenvalue weighted by atomic mass is 35.5. The van der Waals surface area contributed by atoms with Crippen molar-refractivity contribution < 1.29 is 0 Å². The second-order valence-corrected chi connectivity index (χ2v) is 5.45. The molecule has 0 spiro atoms. The van der Waals surface area contributed by atoms with Gasteiger partial charge in [-0.25, -0.2) is 0 Å². The second-order valence-electron chi connectivity index (χ2n) is 4.02. The van der Waals surface area contributed by atoms with Gasteiger partial charge in [0.15, 0.2) is 0 Å². The molecule has 100 valence electrons. The van der Waals surface area contributed by atoms with E-state index in [1.807, 2.05) is 38.4 Å². The van der Waals surface area contributed by atoms with Crippen LogP contribution < -0.4 is 10.6 Å². The number of nitrogen functional groups attached to an aromatic ring is 1. The van der Waals surface area contributed by atoms with Gasteiger partial charge in [-0.3, -0.25) is 0 Å². The first kappa shape index (κ1) is 13.9. The Morgan fingerprint density at radius 2 is 1.95 bits per heavy atom.